The number of benzene rings is 2. The lowest BCUT2D eigenvalue weighted by Crippen LogP contribution is -2.29. The molecule has 0 aliphatic carbocycles. The zero-order valence-electron chi connectivity index (χ0n) is 17.0. The lowest BCUT2D eigenvalue weighted by atomic mass is 9.96. The second-order valence-electron chi connectivity index (χ2n) is 7.33. The smallest absolute Gasteiger partial charge is 0.337 e. The summed E-state index contributed by atoms with van der Waals surface area (Å²) in [6.07, 6.45) is 1.16. The quantitative estimate of drug-likeness (QED) is 0.752. The molecule has 29 heavy (non-hydrogen) atoms. The Morgan fingerprint density at radius 2 is 1.86 bits per heavy atom. The monoisotopic (exact) mass is 394 g/mol. The molecular weight excluding hydrogens is 368 g/mol. The molecule has 1 aliphatic rings. The molecule has 2 atom stereocenters. The number of carbonyl (C=O) groups is 3. The second-order valence-corrected chi connectivity index (χ2v) is 7.33. The van der Waals surface area contributed by atoms with E-state index in [1.54, 1.807) is 29.2 Å². The van der Waals surface area contributed by atoms with Gasteiger partial charge in [-0.05, 0) is 48.2 Å². The van der Waals surface area contributed by atoms with Crippen LogP contribution >= 0.6 is 0 Å². The van der Waals surface area contributed by atoms with Gasteiger partial charge in [-0.3, -0.25) is 9.59 Å². The van der Waals surface area contributed by atoms with E-state index < -0.39 is 11.9 Å². The van der Waals surface area contributed by atoms with Crippen molar-refractivity contribution in [3.63, 3.8) is 0 Å². The van der Waals surface area contributed by atoms with E-state index in [4.69, 9.17) is 0 Å². The van der Waals surface area contributed by atoms with Gasteiger partial charge in [0.25, 0.3) is 0 Å². The zero-order chi connectivity index (χ0) is 21.0. The fourth-order valence-electron chi connectivity index (χ4n) is 3.54. The zero-order valence-corrected chi connectivity index (χ0v) is 17.0. The molecule has 2 aromatic rings. The first-order chi connectivity index (χ1) is 13.9. The molecule has 0 spiro atoms. The molecule has 0 saturated carbocycles. The summed E-state index contributed by atoms with van der Waals surface area (Å²) in [5.41, 5.74) is 3.01. The predicted molar refractivity (Wildman–Crippen MR) is 112 cm³/mol. The van der Waals surface area contributed by atoms with E-state index in [9.17, 15) is 14.4 Å². The second kappa shape index (κ2) is 8.90. The molecule has 2 amide bonds. The number of carbonyl (C=O) groups excluding carboxylic acids is 3. The van der Waals surface area contributed by atoms with Gasteiger partial charge < -0.3 is 15.0 Å². The summed E-state index contributed by atoms with van der Waals surface area (Å²) in [5.74, 6) is -0.762. The molecule has 1 heterocycles. The number of rotatable bonds is 6. The van der Waals surface area contributed by atoms with E-state index in [2.05, 4.69) is 23.9 Å². The van der Waals surface area contributed by atoms with E-state index in [-0.39, 0.29) is 18.2 Å². The molecule has 0 bridgehead atoms. The lowest BCUT2D eigenvalue weighted by molar-refractivity contribution is -0.122. The normalized spacial score (nSPS) is 17.1. The van der Waals surface area contributed by atoms with Crippen molar-refractivity contribution >= 4 is 29.2 Å². The average molecular weight is 394 g/mol. The Hall–Kier alpha value is -3.15. The van der Waals surface area contributed by atoms with Crippen LogP contribution in [0.2, 0.25) is 0 Å². The lowest BCUT2D eigenvalue weighted by Gasteiger charge is -2.23. The standard InChI is InChI=1S/C23H26N2O4/c1-4-15(2)19-7-5-6-8-20(19)25-14-17(13-21(25)26)22(27)24-18-11-9-16(10-12-18)23(28)29-3/h5-12,15,17H,4,13-14H2,1-3H3,(H,24,27)/t15-,17+/m0/s1. The Balaban J connectivity index is 1.70. The molecule has 3 rings (SSSR count). The highest BCUT2D eigenvalue weighted by Crippen LogP contribution is 2.33. The molecule has 2 aromatic carbocycles. The van der Waals surface area contributed by atoms with E-state index in [0.717, 1.165) is 17.7 Å². The van der Waals surface area contributed by atoms with E-state index in [1.165, 1.54) is 7.11 Å². The van der Waals surface area contributed by atoms with Crippen molar-refractivity contribution in [2.45, 2.75) is 32.6 Å². The third-order valence-corrected chi connectivity index (χ3v) is 5.44. The van der Waals surface area contributed by atoms with Gasteiger partial charge in [0.15, 0.2) is 0 Å². The highest BCUT2D eigenvalue weighted by Gasteiger charge is 2.36. The maximum Gasteiger partial charge on any atom is 0.337 e. The van der Waals surface area contributed by atoms with Crippen molar-refractivity contribution in [2.75, 3.05) is 23.9 Å². The van der Waals surface area contributed by atoms with Crippen molar-refractivity contribution in [3.8, 4) is 0 Å². The van der Waals surface area contributed by atoms with Gasteiger partial charge in [0.2, 0.25) is 11.8 Å². The molecule has 152 valence electrons. The maximum atomic E-state index is 12.7. The van der Waals surface area contributed by atoms with Gasteiger partial charge in [0, 0.05) is 24.3 Å². The Labute approximate surface area is 170 Å². The van der Waals surface area contributed by atoms with Crippen molar-refractivity contribution in [2.24, 2.45) is 5.92 Å². The van der Waals surface area contributed by atoms with Crippen LogP contribution in [0.25, 0.3) is 0 Å². The van der Waals surface area contributed by atoms with Crippen LogP contribution in [-0.4, -0.2) is 31.4 Å². The Morgan fingerprint density at radius 1 is 1.17 bits per heavy atom. The molecule has 1 aliphatic heterocycles. The van der Waals surface area contributed by atoms with Gasteiger partial charge in [-0.25, -0.2) is 4.79 Å². The summed E-state index contributed by atoms with van der Waals surface area (Å²) >= 11 is 0. The van der Waals surface area contributed by atoms with Crippen molar-refractivity contribution in [1.82, 2.24) is 0 Å². The molecule has 0 radical (unpaired) electrons. The Kier molecular flexibility index (Phi) is 6.32. The minimum atomic E-state index is -0.431. The average Bonchev–Trinajstić information content (AvgIpc) is 3.14. The first kappa shape index (κ1) is 20.6. The highest BCUT2D eigenvalue weighted by atomic mass is 16.5. The van der Waals surface area contributed by atoms with Gasteiger partial charge in [-0.2, -0.15) is 0 Å². The van der Waals surface area contributed by atoms with Crippen LogP contribution < -0.4 is 10.2 Å². The Morgan fingerprint density at radius 3 is 2.52 bits per heavy atom. The van der Waals surface area contributed by atoms with E-state index in [1.807, 2.05) is 24.3 Å². The van der Waals surface area contributed by atoms with Crippen LogP contribution in [0, 0.1) is 5.92 Å². The number of methoxy groups -OCH3 is 1. The van der Waals surface area contributed by atoms with Crippen LogP contribution in [0.1, 0.15) is 48.5 Å². The summed E-state index contributed by atoms with van der Waals surface area (Å²) in [6, 6.07) is 14.4. The molecule has 0 unspecified atom stereocenters. The van der Waals surface area contributed by atoms with Crippen LogP contribution in [0.15, 0.2) is 48.5 Å². The number of ether oxygens (including phenoxy) is 1. The number of nitrogens with zero attached hydrogens (tertiary/aromatic N) is 1. The first-order valence-corrected chi connectivity index (χ1v) is 9.83. The molecule has 6 nitrogen and oxygen atoms in total. The third-order valence-electron chi connectivity index (χ3n) is 5.44. The number of esters is 1. The van der Waals surface area contributed by atoms with Gasteiger partial charge in [-0.15, -0.1) is 0 Å². The summed E-state index contributed by atoms with van der Waals surface area (Å²) in [4.78, 5) is 38.6. The molecule has 1 saturated heterocycles. The number of nitrogens with one attached hydrogen (secondary N) is 1. The largest absolute Gasteiger partial charge is 0.465 e. The number of hydrogen-bond acceptors (Lipinski definition) is 4. The van der Waals surface area contributed by atoms with Gasteiger partial charge in [-0.1, -0.05) is 32.0 Å². The summed E-state index contributed by atoms with van der Waals surface area (Å²) < 4.78 is 4.67. The number of hydrogen-bond donors (Lipinski definition) is 1. The topological polar surface area (TPSA) is 75.7 Å². The van der Waals surface area contributed by atoms with Gasteiger partial charge >= 0.3 is 5.97 Å². The molecule has 1 N–H and O–H groups in total. The van der Waals surface area contributed by atoms with Gasteiger partial charge in [0.1, 0.15) is 0 Å². The van der Waals surface area contributed by atoms with Crippen LogP contribution in [0.4, 0.5) is 11.4 Å². The van der Waals surface area contributed by atoms with Crippen molar-refractivity contribution in [1.29, 1.82) is 0 Å². The van der Waals surface area contributed by atoms with Crippen molar-refractivity contribution < 1.29 is 19.1 Å². The van der Waals surface area contributed by atoms with Crippen LogP contribution in [0.5, 0.6) is 0 Å². The van der Waals surface area contributed by atoms with Crippen LogP contribution in [0.3, 0.4) is 0 Å². The summed E-state index contributed by atoms with van der Waals surface area (Å²) in [5, 5.41) is 2.84. The fraction of sp³-hybridized carbons (Fsp3) is 0.348. The first-order valence-electron chi connectivity index (χ1n) is 9.83. The minimum Gasteiger partial charge on any atom is -0.465 e. The highest BCUT2D eigenvalue weighted by molar-refractivity contribution is 6.04. The molecular formula is C23H26N2O4. The fourth-order valence-corrected chi connectivity index (χ4v) is 3.54. The third kappa shape index (κ3) is 4.47. The SMILES string of the molecule is CC[C@H](C)c1ccccc1N1C[C@H](C(=O)Nc2ccc(C(=O)OC)cc2)CC1=O. The summed E-state index contributed by atoms with van der Waals surface area (Å²) in [6.45, 7) is 4.62. The minimum absolute atomic E-state index is 0.0399. The Bertz CT molecular complexity index is 907. The maximum absolute atomic E-state index is 12.7. The van der Waals surface area contributed by atoms with E-state index >= 15 is 0 Å². The number of amides is 2. The number of para-hydroxylation sites is 1. The van der Waals surface area contributed by atoms with Crippen molar-refractivity contribution in [3.05, 3.63) is 59.7 Å². The van der Waals surface area contributed by atoms with Crippen LogP contribution in [-0.2, 0) is 14.3 Å². The van der Waals surface area contributed by atoms with E-state index in [0.29, 0.717) is 23.7 Å². The van der Waals surface area contributed by atoms with Gasteiger partial charge in [0.05, 0.1) is 18.6 Å². The molecule has 6 heteroatoms. The molecule has 1 fully saturated rings. The number of anilines is 2. The predicted octanol–water partition coefficient (Wildman–Crippen LogP) is 3.98. The summed E-state index contributed by atoms with van der Waals surface area (Å²) in [7, 11) is 1.32. The molecule has 0 aromatic heterocycles.